The van der Waals surface area contributed by atoms with Gasteiger partial charge in [-0.05, 0) is 38.6 Å². The lowest BCUT2D eigenvalue weighted by Gasteiger charge is -2.33. The van der Waals surface area contributed by atoms with Crippen LogP contribution in [0.5, 0.6) is 0 Å². The average Bonchev–Trinajstić information content (AvgIpc) is 2.49. The molecule has 2 atom stereocenters. The molecular formula is C13H24F3NO2. The summed E-state index contributed by atoms with van der Waals surface area (Å²) in [5, 5.41) is 9.57. The number of hydrogen-bond acceptors (Lipinski definition) is 3. The van der Waals surface area contributed by atoms with E-state index < -0.39 is 11.8 Å². The van der Waals surface area contributed by atoms with Gasteiger partial charge in [-0.2, -0.15) is 13.2 Å². The molecule has 0 bridgehead atoms. The Balaban J connectivity index is 2.56. The van der Waals surface area contributed by atoms with Crippen LogP contribution < -0.4 is 0 Å². The van der Waals surface area contributed by atoms with Crippen molar-refractivity contribution in [2.24, 2.45) is 5.92 Å². The topological polar surface area (TPSA) is 32.7 Å². The molecule has 1 rings (SSSR count). The van der Waals surface area contributed by atoms with Gasteiger partial charge in [-0.3, -0.25) is 4.90 Å². The van der Waals surface area contributed by atoms with Gasteiger partial charge in [0, 0.05) is 26.8 Å². The third-order valence-corrected chi connectivity index (χ3v) is 3.73. The van der Waals surface area contributed by atoms with E-state index >= 15 is 0 Å². The Hall–Kier alpha value is -0.330. The Morgan fingerprint density at radius 1 is 1.32 bits per heavy atom. The molecule has 0 aliphatic carbocycles. The van der Waals surface area contributed by atoms with Crippen molar-refractivity contribution >= 4 is 0 Å². The second-order valence-corrected chi connectivity index (χ2v) is 5.65. The monoisotopic (exact) mass is 283 g/mol. The number of rotatable bonds is 5. The van der Waals surface area contributed by atoms with E-state index in [4.69, 9.17) is 4.74 Å². The normalized spacial score (nSPS) is 25.9. The summed E-state index contributed by atoms with van der Waals surface area (Å²) >= 11 is 0. The number of ether oxygens (including phenoxy) is 1. The molecule has 19 heavy (non-hydrogen) atoms. The lowest BCUT2D eigenvalue weighted by Crippen LogP contribution is -2.52. The molecule has 0 amide bonds. The molecule has 1 heterocycles. The maximum atomic E-state index is 12.7. The first-order valence-electron chi connectivity index (χ1n) is 6.76. The first-order chi connectivity index (χ1) is 8.76. The summed E-state index contributed by atoms with van der Waals surface area (Å²) < 4.78 is 43.1. The minimum Gasteiger partial charge on any atom is -0.385 e. The molecule has 1 aliphatic rings. The van der Waals surface area contributed by atoms with E-state index in [0.717, 1.165) is 32.6 Å². The summed E-state index contributed by atoms with van der Waals surface area (Å²) in [5.41, 5.74) is -2.64. The quantitative estimate of drug-likeness (QED) is 0.841. The summed E-state index contributed by atoms with van der Waals surface area (Å²) in [6, 6.07) is 0. The fourth-order valence-corrected chi connectivity index (χ4v) is 2.50. The zero-order valence-electron chi connectivity index (χ0n) is 11.7. The Morgan fingerprint density at radius 2 is 2.00 bits per heavy atom. The van der Waals surface area contributed by atoms with Gasteiger partial charge in [0.2, 0.25) is 0 Å². The summed E-state index contributed by atoms with van der Waals surface area (Å²) in [6.07, 6.45) is -0.785. The highest BCUT2D eigenvalue weighted by atomic mass is 19.4. The van der Waals surface area contributed by atoms with Crippen LogP contribution in [0, 0.1) is 5.92 Å². The zero-order chi connectivity index (χ0) is 14.5. The van der Waals surface area contributed by atoms with E-state index in [-0.39, 0.29) is 6.54 Å². The van der Waals surface area contributed by atoms with E-state index in [9.17, 15) is 18.3 Å². The van der Waals surface area contributed by atoms with Crippen LogP contribution in [0.15, 0.2) is 0 Å². The van der Waals surface area contributed by atoms with Crippen LogP contribution in [-0.2, 0) is 4.74 Å². The maximum absolute atomic E-state index is 12.7. The van der Waals surface area contributed by atoms with Crippen LogP contribution >= 0.6 is 0 Å². The summed E-state index contributed by atoms with van der Waals surface area (Å²) in [4.78, 5) is 1.74. The molecule has 0 unspecified atom stereocenters. The fraction of sp³-hybridized carbons (Fsp3) is 1.00. The lowest BCUT2D eigenvalue weighted by molar-refractivity contribution is -0.257. The molecule has 1 fully saturated rings. The summed E-state index contributed by atoms with van der Waals surface area (Å²) in [5.74, 6) is 0.353. The lowest BCUT2D eigenvalue weighted by atomic mass is 9.99. The maximum Gasteiger partial charge on any atom is 0.418 e. The fourth-order valence-electron chi connectivity index (χ4n) is 2.50. The van der Waals surface area contributed by atoms with Crippen LogP contribution in [0.25, 0.3) is 0 Å². The molecule has 0 saturated carbocycles. The molecule has 1 aliphatic heterocycles. The van der Waals surface area contributed by atoms with Crippen molar-refractivity contribution in [3.8, 4) is 0 Å². The van der Waals surface area contributed by atoms with Crippen molar-refractivity contribution in [2.45, 2.75) is 44.4 Å². The molecule has 0 aromatic carbocycles. The van der Waals surface area contributed by atoms with Crippen molar-refractivity contribution in [3.63, 3.8) is 0 Å². The molecule has 1 saturated heterocycles. The third-order valence-electron chi connectivity index (χ3n) is 3.73. The van der Waals surface area contributed by atoms with Crippen LogP contribution in [0.3, 0.4) is 0 Å². The first-order valence-corrected chi connectivity index (χ1v) is 6.76. The largest absolute Gasteiger partial charge is 0.418 e. The van der Waals surface area contributed by atoms with Crippen molar-refractivity contribution in [1.82, 2.24) is 4.90 Å². The van der Waals surface area contributed by atoms with Gasteiger partial charge in [0.25, 0.3) is 0 Å². The standard InChI is InChI=1S/C13H24F3NO2/c1-12(18,13(14,15)16)10-17-7-4-3-5-11(9-17)6-8-19-2/h11,18H,3-10H2,1-2H3/t11-,12-/m1/s1. The number of aliphatic hydroxyl groups is 1. The summed E-state index contributed by atoms with van der Waals surface area (Å²) in [7, 11) is 1.63. The highest BCUT2D eigenvalue weighted by Gasteiger charge is 2.50. The second-order valence-electron chi connectivity index (χ2n) is 5.65. The van der Waals surface area contributed by atoms with Crippen LogP contribution in [-0.4, -0.2) is 55.1 Å². The number of β-amino-alcohol motifs (C(OH)–C–C–N with tert-alkyl or cyclic N) is 1. The van der Waals surface area contributed by atoms with E-state index in [1.54, 1.807) is 12.0 Å². The number of hydrogen-bond donors (Lipinski definition) is 1. The van der Waals surface area contributed by atoms with Crippen LogP contribution in [0.2, 0.25) is 0 Å². The number of alkyl halides is 3. The van der Waals surface area contributed by atoms with Gasteiger partial charge in [0.1, 0.15) is 0 Å². The van der Waals surface area contributed by atoms with E-state index in [1.165, 1.54) is 0 Å². The average molecular weight is 283 g/mol. The van der Waals surface area contributed by atoms with Crippen LogP contribution in [0.1, 0.15) is 32.6 Å². The molecular weight excluding hydrogens is 259 g/mol. The smallest absolute Gasteiger partial charge is 0.385 e. The molecule has 114 valence electrons. The van der Waals surface area contributed by atoms with Crippen molar-refractivity contribution in [2.75, 3.05) is 33.4 Å². The van der Waals surface area contributed by atoms with Crippen molar-refractivity contribution in [3.05, 3.63) is 0 Å². The van der Waals surface area contributed by atoms with Gasteiger partial charge in [-0.25, -0.2) is 0 Å². The number of halogens is 3. The number of methoxy groups -OCH3 is 1. The number of likely N-dealkylation sites (tertiary alicyclic amines) is 1. The minimum atomic E-state index is -4.58. The SMILES string of the molecule is COCC[C@H]1CCCCN(C[C@@](C)(O)C(F)(F)F)C1. The van der Waals surface area contributed by atoms with E-state index in [1.807, 2.05) is 0 Å². The first kappa shape index (κ1) is 16.7. The van der Waals surface area contributed by atoms with Crippen molar-refractivity contribution in [1.29, 1.82) is 0 Å². The minimum absolute atomic E-state index is 0.347. The predicted molar refractivity (Wildman–Crippen MR) is 67.0 cm³/mol. The molecule has 1 N–H and O–H groups in total. The highest BCUT2D eigenvalue weighted by molar-refractivity contribution is 4.86. The van der Waals surface area contributed by atoms with E-state index in [0.29, 0.717) is 25.6 Å². The molecule has 3 nitrogen and oxygen atoms in total. The zero-order valence-corrected chi connectivity index (χ0v) is 11.7. The molecule has 0 radical (unpaired) electrons. The molecule has 0 spiro atoms. The molecule has 0 aromatic rings. The van der Waals surface area contributed by atoms with Gasteiger partial charge >= 0.3 is 6.18 Å². The Morgan fingerprint density at radius 3 is 2.58 bits per heavy atom. The van der Waals surface area contributed by atoms with E-state index in [2.05, 4.69) is 0 Å². The Bertz CT molecular complexity index is 269. The Labute approximate surface area is 112 Å². The van der Waals surface area contributed by atoms with Crippen molar-refractivity contribution < 1.29 is 23.0 Å². The van der Waals surface area contributed by atoms with Gasteiger partial charge in [-0.1, -0.05) is 6.42 Å². The predicted octanol–water partition coefficient (Wildman–Crippen LogP) is 2.44. The molecule has 6 heteroatoms. The summed E-state index contributed by atoms with van der Waals surface area (Å²) in [6.45, 7) is 2.36. The Kier molecular flexibility index (Phi) is 6.08. The van der Waals surface area contributed by atoms with Gasteiger partial charge in [-0.15, -0.1) is 0 Å². The van der Waals surface area contributed by atoms with Gasteiger partial charge in [0.05, 0.1) is 0 Å². The van der Waals surface area contributed by atoms with Gasteiger partial charge < -0.3 is 9.84 Å². The molecule has 0 aromatic heterocycles. The third kappa shape index (κ3) is 5.28. The highest BCUT2D eigenvalue weighted by Crippen LogP contribution is 2.31. The van der Waals surface area contributed by atoms with Crippen LogP contribution in [0.4, 0.5) is 13.2 Å². The second kappa shape index (κ2) is 6.90. The number of nitrogens with zero attached hydrogens (tertiary/aromatic N) is 1. The van der Waals surface area contributed by atoms with Gasteiger partial charge in [0.15, 0.2) is 5.60 Å².